The van der Waals surface area contributed by atoms with Crippen molar-refractivity contribution in [1.29, 1.82) is 0 Å². The summed E-state index contributed by atoms with van der Waals surface area (Å²) in [5.74, 6) is 0.224. The van der Waals surface area contributed by atoms with Gasteiger partial charge in [-0.15, -0.1) is 11.3 Å². The van der Waals surface area contributed by atoms with E-state index in [1.54, 1.807) is 23.7 Å². The molecule has 4 heteroatoms. The number of thiophene rings is 1. The molecule has 0 aliphatic rings. The monoisotopic (exact) mass is 295 g/mol. The van der Waals surface area contributed by atoms with E-state index >= 15 is 0 Å². The van der Waals surface area contributed by atoms with E-state index in [0.29, 0.717) is 12.8 Å². The lowest BCUT2D eigenvalue weighted by Crippen LogP contribution is -2.05. The van der Waals surface area contributed by atoms with Crippen molar-refractivity contribution in [2.24, 2.45) is 0 Å². The Morgan fingerprint density at radius 3 is 2.94 bits per heavy atom. The van der Waals surface area contributed by atoms with Gasteiger partial charge in [-0.1, -0.05) is 6.07 Å². The summed E-state index contributed by atoms with van der Waals surface area (Å²) in [7, 11) is 0. The molecule has 0 aromatic carbocycles. The Balaban J connectivity index is 1.97. The molecule has 0 bridgehead atoms. The van der Waals surface area contributed by atoms with Crippen molar-refractivity contribution in [1.82, 2.24) is 4.98 Å². The highest BCUT2D eigenvalue weighted by atomic mass is 79.9. The first kappa shape index (κ1) is 11.5. The second-order valence-corrected chi connectivity index (χ2v) is 5.43. The van der Waals surface area contributed by atoms with Gasteiger partial charge >= 0.3 is 0 Å². The summed E-state index contributed by atoms with van der Waals surface area (Å²) in [6.07, 6.45) is 4.42. The summed E-state index contributed by atoms with van der Waals surface area (Å²) in [6, 6.07) is 5.88. The molecule has 0 aliphatic carbocycles. The minimum absolute atomic E-state index is 0.224. The van der Waals surface area contributed by atoms with E-state index in [4.69, 9.17) is 0 Å². The van der Waals surface area contributed by atoms with Crippen LogP contribution in [0.25, 0.3) is 0 Å². The zero-order valence-electron chi connectivity index (χ0n) is 8.52. The molecule has 0 radical (unpaired) electrons. The van der Waals surface area contributed by atoms with Gasteiger partial charge in [0.1, 0.15) is 5.78 Å². The van der Waals surface area contributed by atoms with E-state index in [1.165, 1.54) is 0 Å². The van der Waals surface area contributed by atoms with Gasteiger partial charge in [-0.2, -0.15) is 0 Å². The maximum Gasteiger partial charge on any atom is 0.142 e. The van der Waals surface area contributed by atoms with Gasteiger partial charge in [-0.3, -0.25) is 9.78 Å². The summed E-state index contributed by atoms with van der Waals surface area (Å²) >= 11 is 4.96. The molecule has 0 atom stereocenters. The highest BCUT2D eigenvalue weighted by Gasteiger charge is 2.06. The topological polar surface area (TPSA) is 30.0 Å². The van der Waals surface area contributed by atoms with E-state index in [0.717, 1.165) is 14.9 Å². The fourth-order valence-corrected chi connectivity index (χ4v) is 2.60. The van der Waals surface area contributed by atoms with Crippen molar-refractivity contribution in [3.05, 3.63) is 50.9 Å². The maximum atomic E-state index is 11.8. The number of rotatable bonds is 4. The van der Waals surface area contributed by atoms with Crippen LogP contribution in [0, 0.1) is 0 Å². The SMILES string of the molecule is O=C(Cc1cncc(Br)c1)Cc1cccs1. The lowest BCUT2D eigenvalue weighted by molar-refractivity contribution is -0.117. The third-order valence-corrected chi connectivity index (χ3v) is 3.42. The smallest absolute Gasteiger partial charge is 0.142 e. The molecular weight excluding hydrogens is 286 g/mol. The van der Waals surface area contributed by atoms with Gasteiger partial charge in [-0.05, 0) is 39.0 Å². The standard InChI is InChI=1S/C12H10BrNOS/c13-10-4-9(7-14-8-10)5-11(15)6-12-2-1-3-16-12/h1-4,7-8H,5-6H2. The zero-order chi connectivity index (χ0) is 11.4. The van der Waals surface area contributed by atoms with E-state index in [2.05, 4.69) is 20.9 Å². The van der Waals surface area contributed by atoms with E-state index < -0.39 is 0 Å². The molecule has 2 rings (SSSR count). The first-order valence-electron chi connectivity index (χ1n) is 4.87. The number of ketones is 1. The second-order valence-electron chi connectivity index (χ2n) is 3.48. The molecule has 2 aromatic rings. The predicted octanol–water partition coefficient (Wildman–Crippen LogP) is 3.26. The fraction of sp³-hybridized carbons (Fsp3) is 0.167. The summed E-state index contributed by atoms with van der Waals surface area (Å²) in [6.45, 7) is 0. The third-order valence-electron chi connectivity index (χ3n) is 2.11. The lowest BCUT2D eigenvalue weighted by atomic mass is 10.1. The predicted molar refractivity (Wildman–Crippen MR) is 68.7 cm³/mol. The van der Waals surface area contributed by atoms with Crippen molar-refractivity contribution >= 4 is 33.0 Å². The fourth-order valence-electron chi connectivity index (χ4n) is 1.45. The molecule has 2 aromatic heterocycles. The van der Waals surface area contributed by atoms with Crippen LogP contribution in [0.4, 0.5) is 0 Å². The van der Waals surface area contributed by atoms with Crippen LogP contribution in [0.2, 0.25) is 0 Å². The Hall–Kier alpha value is -1.00. The van der Waals surface area contributed by atoms with Crippen LogP contribution in [0.5, 0.6) is 0 Å². The van der Waals surface area contributed by atoms with Crippen molar-refractivity contribution < 1.29 is 4.79 Å². The number of carbonyl (C=O) groups is 1. The molecule has 0 amide bonds. The molecule has 0 saturated carbocycles. The van der Waals surface area contributed by atoms with Crippen LogP contribution in [-0.4, -0.2) is 10.8 Å². The molecule has 2 nitrogen and oxygen atoms in total. The van der Waals surface area contributed by atoms with Crippen molar-refractivity contribution in [2.75, 3.05) is 0 Å². The Labute approximate surface area is 106 Å². The molecule has 0 N–H and O–H groups in total. The van der Waals surface area contributed by atoms with E-state index in [9.17, 15) is 4.79 Å². The van der Waals surface area contributed by atoms with Gasteiger partial charge in [0.05, 0.1) is 0 Å². The van der Waals surface area contributed by atoms with Crippen molar-refractivity contribution in [3.63, 3.8) is 0 Å². The largest absolute Gasteiger partial charge is 0.299 e. The molecular formula is C12H10BrNOS. The molecule has 0 saturated heterocycles. The highest BCUT2D eigenvalue weighted by Crippen LogP contribution is 2.13. The van der Waals surface area contributed by atoms with Gasteiger partial charge in [0, 0.05) is 34.6 Å². The molecule has 82 valence electrons. The van der Waals surface area contributed by atoms with Crippen LogP contribution >= 0.6 is 27.3 Å². The molecule has 0 fully saturated rings. The summed E-state index contributed by atoms with van der Waals surface area (Å²) in [4.78, 5) is 16.9. The quantitative estimate of drug-likeness (QED) is 0.867. The maximum absolute atomic E-state index is 11.8. The molecule has 16 heavy (non-hydrogen) atoms. The first-order chi connectivity index (χ1) is 7.74. The Morgan fingerprint density at radius 1 is 1.38 bits per heavy atom. The Bertz CT molecular complexity index is 482. The van der Waals surface area contributed by atoms with Gasteiger partial charge in [0.15, 0.2) is 0 Å². The number of Topliss-reactive ketones (excluding diaryl/α,β-unsaturated/α-hetero) is 1. The number of pyridine rings is 1. The normalized spacial score (nSPS) is 10.3. The molecule has 0 spiro atoms. The van der Waals surface area contributed by atoms with Crippen LogP contribution < -0.4 is 0 Å². The number of nitrogens with zero attached hydrogens (tertiary/aromatic N) is 1. The number of halogens is 1. The van der Waals surface area contributed by atoms with Gasteiger partial charge in [0.2, 0.25) is 0 Å². The summed E-state index contributed by atoms with van der Waals surface area (Å²) in [5.41, 5.74) is 0.955. The van der Waals surface area contributed by atoms with E-state index in [1.807, 2.05) is 23.6 Å². The lowest BCUT2D eigenvalue weighted by Gasteiger charge is -2.00. The zero-order valence-corrected chi connectivity index (χ0v) is 10.9. The summed E-state index contributed by atoms with van der Waals surface area (Å²) < 4.78 is 0.911. The van der Waals surface area contributed by atoms with Crippen LogP contribution in [0.15, 0.2) is 40.4 Å². The van der Waals surface area contributed by atoms with Crippen LogP contribution in [0.3, 0.4) is 0 Å². The highest BCUT2D eigenvalue weighted by molar-refractivity contribution is 9.10. The number of hydrogen-bond acceptors (Lipinski definition) is 3. The van der Waals surface area contributed by atoms with E-state index in [-0.39, 0.29) is 5.78 Å². The average molecular weight is 296 g/mol. The first-order valence-corrected chi connectivity index (χ1v) is 6.55. The Morgan fingerprint density at radius 2 is 2.25 bits per heavy atom. The minimum atomic E-state index is 0.224. The van der Waals surface area contributed by atoms with Gasteiger partial charge in [-0.25, -0.2) is 0 Å². The average Bonchev–Trinajstić information content (AvgIpc) is 2.70. The van der Waals surface area contributed by atoms with Crippen molar-refractivity contribution in [3.8, 4) is 0 Å². The van der Waals surface area contributed by atoms with Crippen LogP contribution in [-0.2, 0) is 17.6 Å². The van der Waals surface area contributed by atoms with Crippen LogP contribution in [0.1, 0.15) is 10.4 Å². The van der Waals surface area contributed by atoms with Gasteiger partial charge in [0.25, 0.3) is 0 Å². The van der Waals surface area contributed by atoms with Crippen molar-refractivity contribution in [2.45, 2.75) is 12.8 Å². The van der Waals surface area contributed by atoms with Gasteiger partial charge < -0.3 is 0 Å². The molecule has 0 aliphatic heterocycles. The number of carbonyl (C=O) groups excluding carboxylic acids is 1. The molecule has 2 heterocycles. The second kappa shape index (κ2) is 5.37. The summed E-state index contributed by atoms with van der Waals surface area (Å²) in [5, 5.41) is 1.99. The number of aromatic nitrogens is 1. The third kappa shape index (κ3) is 3.25. The number of hydrogen-bond donors (Lipinski definition) is 0. The Kier molecular flexibility index (Phi) is 3.85. The minimum Gasteiger partial charge on any atom is -0.299 e. The molecule has 0 unspecified atom stereocenters.